The van der Waals surface area contributed by atoms with Gasteiger partial charge in [0.05, 0.1) is 28.5 Å². The smallest absolute Gasteiger partial charge is 0.262 e. The molecule has 3 aromatic rings. The van der Waals surface area contributed by atoms with Crippen LogP contribution in [0.4, 0.5) is 5.69 Å². The van der Waals surface area contributed by atoms with Crippen molar-refractivity contribution in [3.05, 3.63) is 76.1 Å². The molecule has 148 valence electrons. The number of hydrogen-bond acceptors (Lipinski definition) is 3. The summed E-state index contributed by atoms with van der Waals surface area (Å²) in [5.74, 6) is 0.348. The molecule has 1 N–H and O–H groups in total. The summed E-state index contributed by atoms with van der Waals surface area (Å²) in [4.78, 5) is 0.237. The molecule has 1 heterocycles. The molecular weight excluding hydrogens is 394 g/mol. The number of benzene rings is 2. The zero-order valence-corrected chi connectivity index (χ0v) is 18.0. The molecule has 1 aromatic heterocycles. The van der Waals surface area contributed by atoms with Gasteiger partial charge < -0.3 is 0 Å². The van der Waals surface area contributed by atoms with Gasteiger partial charge in [0.25, 0.3) is 10.0 Å². The molecule has 5 nitrogen and oxygen atoms in total. The SMILES string of the molecule is Cc1nn(Cc2ccc(Cl)cc2)c(C)c1NS(=O)(=O)c1ccc(C(C)C)cc1. The molecule has 0 atom stereocenters. The molecular formula is C21H24ClN3O2S. The van der Waals surface area contributed by atoms with Crippen LogP contribution in [0.1, 0.15) is 42.3 Å². The molecule has 0 radical (unpaired) electrons. The monoisotopic (exact) mass is 417 g/mol. The molecule has 0 amide bonds. The van der Waals surface area contributed by atoms with Gasteiger partial charge in [0.15, 0.2) is 0 Å². The number of rotatable bonds is 6. The Morgan fingerprint density at radius 3 is 2.21 bits per heavy atom. The third kappa shape index (κ3) is 4.39. The van der Waals surface area contributed by atoms with E-state index in [1.165, 1.54) is 0 Å². The average molecular weight is 418 g/mol. The first kappa shape index (κ1) is 20.4. The van der Waals surface area contributed by atoms with Crippen LogP contribution in [0.5, 0.6) is 0 Å². The summed E-state index contributed by atoms with van der Waals surface area (Å²) >= 11 is 5.93. The Kier molecular flexibility index (Phi) is 5.82. The van der Waals surface area contributed by atoms with Crippen LogP contribution in [0.25, 0.3) is 0 Å². The average Bonchev–Trinajstić information content (AvgIpc) is 2.91. The number of sulfonamides is 1. The van der Waals surface area contributed by atoms with Gasteiger partial charge in [0, 0.05) is 5.02 Å². The van der Waals surface area contributed by atoms with Gasteiger partial charge in [0.2, 0.25) is 0 Å². The van der Waals surface area contributed by atoms with E-state index < -0.39 is 10.0 Å². The normalized spacial score (nSPS) is 11.8. The fraction of sp³-hybridized carbons (Fsp3) is 0.286. The molecule has 0 unspecified atom stereocenters. The number of hydrogen-bond donors (Lipinski definition) is 1. The quantitative estimate of drug-likeness (QED) is 0.604. The highest BCUT2D eigenvalue weighted by molar-refractivity contribution is 7.92. The molecule has 3 rings (SSSR count). The standard InChI is InChI=1S/C21H24ClN3O2S/c1-14(2)18-7-11-20(12-8-18)28(26,27)24-21-15(3)23-25(16(21)4)13-17-5-9-19(22)10-6-17/h5-12,14,24H,13H2,1-4H3. The second kappa shape index (κ2) is 7.97. The highest BCUT2D eigenvalue weighted by atomic mass is 35.5. The minimum atomic E-state index is -3.69. The molecule has 0 saturated carbocycles. The van der Waals surface area contributed by atoms with Gasteiger partial charge in [-0.1, -0.05) is 49.7 Å². The first-order valence-electron chi connectivity index (χ1n) is 9.08. The van der Waals surface area contributed by atoms with Crippen LogP contribution >= 0.6 is 11.6 Å². The van der Waals surface area contributed by atoms with Gasteiger partial charge in [-0.25, -0.2) is 8.42 Å². The molecule has 28 heavy (non-hydrogen) atoms. The van der Waals surface area contributed by atoms with Crippen molar-refractivity contribution in [3.8, 4) is 0 Å². The van der Waals surface area contributed by atoms with Crippen molar-refractivity contribution in [3.63, 3.8) is 0 Å². The largest absolute Gasteiger partial charge is 0.276 e. The lowest BCUT2D eigenvalue weighted by Gasteiger charge is -2.11. The van der Waals surface area contributed by atoms with Gasteiger partial charge in [-0.05, 0) is 55.2 Å². The van der Waals surface area contributed by atoms with E-state index in [2.05, 4.69) is 23.7 Å². The second-order valence-electron chi connectivity index (χ2n) is 7.16. The van der Waals surface area contributed by atoms with Crippen LogP contribution in [-0.2, 0) is 16.6 Å². The van der Waals surface area contributed by atoms with Crippen molar-refractivity contribution >= 4 is 27.3 Å². The van der Waals surface area contributed by atoms with Crippen LogP contribution < -0.4 is 4.72 Å². The lowest BCUT2D eigenvalue weighted by molar-refractivity contribution is 0.601. The van der Waals surface area contributed by atoms with Crippen molar-refractivity contribution in [2.24, 2.45) is 0 Å². The molecule has 0 bridgehead atoms. The van der Waals surface area contributed by atoms with Crippen LogP contribution in [0.15, 0.2) is 53.4 Å². The van der Waals surface area contributed by atoms with Crippen LogP contribution in [0, 0.1) is 13.8 Å². The van der Waals surface area contributed by atoms with E-state index >= 15 is 0 Å². The molecule has 0 aliphatic heterocycles. The fourth-order valence-corrected chi connectivity index (χ4v) is 4.29. The minimum absolute atomic E-state index is 0.237. The zero-order chi connectivity index (χ0) is 20.5. The van der Waals surface area contributed by atoms with Crippen LogP contribution in [0.2, 0.25) is 5.02 Å². The lowest BCUT2D eigenvalue weighted by Crippen LogP contribution is -2.14. The number of aryl methyl sites for hydroxylation is 1. The first-order chi connectivity index (χ1) is 13.2. The van der Waals surface area contributed by atoms with E-state index in [9.17, 15) is 8.42 Å². The first-order valence-corrected chi connectivity index (χ1v) is 10.9. The molecule has 0 spiro atoms. The number of nitrogens with one attached hydrogen (secondary N) is 1. The van der Waals surface area contributed by atoms with Crippen molar-refractivity contribution < 1.29 is 8.42 Å². The van der Waals surface area contributed by atoms with Crippen LogP contribution in [-0.4, -0.2) is 18.2 Å². The van der Waals surface area contributed by atoms with E-state index in [1.807, 2.05) is 43.3 Å². The predicted molar refractivity (Wildman–Crippen MR) is 114 cm³/mol. The van der Waals surface area contributed by atoms with Crippen molar-refractivity contribution in [1.82, 2.24) is 9.78 Å². The maximum atomic E-state index is 12.8. The summed E-state index contributed by atoms with van der Waals surface area (Å²) in [6, 6.07) is 14.5. The van der Waals surface area contributed by atoms with Crippen LogP contribution in [0.3, 0.4) is 0 Å². The Bertz CT molecular complexity index is 1070. The van der Waals surface area contributed by atoms with E-state index in [4.69, 9.17) is 11.6 Å². The molecule has 7 heteroatoms. The number of nitrogens with zero attached hydrogens (tertiary/aromatic N) is 2. The minimum Gasteiger partial charge on any atom is -0.276 e. The number of anilines is 1. The Morgan fingerprint density at radius 1 is 1.04 bits per heavy atom. The van der Waals surface area contributed by atoms with Crippen molar-refractivity contribution in [2.45, 2.75) is 45.1 Å². The Hall–Kier alpha value is -2.31. The van der Waals surface area contributed by atoms with Crippen molar-refractivity contribution in [2.75, 3.05) is 4.72 Å². The molecule has 0 aliphatic carbocycles. The maximum absolute atomic E-state index is 12.8. The highest BCUT2D eigenvalue weighted by Crippen LogP contribution is 2.25. The van der Waals surface area contributed by atoms with E-state index in [0.717, 1.165) is 16.8 Å². The Labute approximate surface area is 171 Å². The van der Waals surface area contributed by atoms with Gasteiger partial charge >= 0.3 is 0 Å². The Balaban J connectivity index is 1.85. The predicted octanol–water partition coefficient (Wildman–Crippen LogP) is 5.13. The summed E-state index contributed by atoms with van der Waals surface area (Å²) in [5, 5.41) is 5.17. The van der Waals surface area contributed by atoms with Gasteiger partial charge in [-0.3, -0.25) is 9.40 Å². The molecule has 0 fully saturated rings. The van der Waals surface area contributed by atoms with E-state index in [-0.39, 0.29) is 4.90 Å². The van der Waals surface area contributed by atoms with E-state index in [1.54, 1.807) is 23.7 Å². The lowest BCUT2D eigenvalue weighted by atomic mass is 10.0. The number of halogens is 1. The van der Waals surface area contributed by atoms with Gasteiger partial charge in [-0.15, -0.1) is 0 Å². The summed E-state index contributed by atoms with van der Waals surface area (Å²) in [6.07, 6.45) is 0. The van der Waals surface area contributed by atoms with Gasteiger partial charge in [-0.2, -0.15) is 5.10 Å². The fourth-order valence-electron chi connectivity index (χ4n) is 2.99. The zero-order valence-electron chi connectivity index (χ0n) is 16.4. The van der Waals surface area contributed by atoms with Gasteiger partial charge in [0.1, 0.15) is 0 Å². The summed E-state index contributed by atoms with van der Waals surface area (Å²) in [7, 11) is -3.69. The summed E-state index contributed by atoms with van der Waals surface area (Å²) in [5.41, 5.74) is 4.04. The van der Waals surface area contributed by atoms with E-state index in [0.29, 0.717) is 28.9 Å². The number of aromatic nitrogens is 2. The Morgan fingerprint density at radius 2 is 1.64 bits per heavy atom. The summed E-state index contributed by atoms with van der Waals surface area (Å²) in [6.45, 7) is 8.34. The summed E-state index contributed by atoms with van der Waals surface area (Å²) < 4.78 is 30.2. The van der Waals surface area contributed by atoms with Crippen molar-refractivity contribution in [1.29, 1.82) is 0 Å². The molecule has 2 aromatic carbocycles. The molecule has 0 aliphatic rings. The topological polar surface area (TPSA) is 64.0 Å². The second-order valence-corrected chi connectivity index (χ2v) is 9.28. The highest BCUT2D eigenvalue weighted by Gasteiger charge is 2.20. The molecule has 0 saturated heterocycles. The third-order valence-electron chi connectivity index (χ3n) is 4.72. The maximum Gasteiger partial charge on any atom is 0.262 e. The third-order valence-corrected chi connectivity index (χ3v) is 6.34.